The van der Waals surface area contributed by atoms with Crippen LogP contribution in [0.25, 0.3) is 0 Å². The van der Waals surface area contributed by atoms with E-state index in [2.05, 4.69) is 0 Å². The predicted octanol–water partition coefficient (Wildman–Crippen LogP) is 2.89. The molecule has 0 saturated carbocycles. The fourth-order valence-corrected chi connectivity index (χ4v) is 1.66. The molecule has 0 fully saturated rings. The Kier molecular flexibility index (Phi) is 4.10. The lowest BCUT2D eigenvalue weighted by molar-refractivity contribution is -0.384. The molecule has 2 aromatic rings. The summed E-state index contributed by atoms with van der Waals surface area (Å²) in [5, 5.41) is 10.5. The van der Waals surface area contributed by atoms with E-state index in [4.69, 9.17) is 10.5 Å². The number of ether oxygens (including phenoxy) is 1. The van der Waals surface area contributed by atoms with Crippen LogP contribution in [0.15, 0.2) is 48.5 Å². The Hall–Kier alpha value is -2.40. The van der Waals surface area contributed by atoms with Crippen LogP contribution in [0.4, 0.5) is 5.69 Å². The molecule has 5 heteroatoms. The Morgan fingerprint density at radius 3 is 2.00 bits per heavy atom. The number of nitro groups is 1. The highest BCUT2D eigenvalue weighted by molar-refractivity contribution is 5.39. The average Bonchev–Trinajstić information content (AvgIpc) is 2.42. The van der Waals surface area contributed by atoms with E-state index >= 15 is 0 Å². The zero-order valence-electron chi connectivity index (χ0n) is 10.3. The number of nitrogens with zero attached hydrogens (tertiary/aromatic N) is 1. The fraction of sp³-hybridized carbons (Fsp3) is 0.143. The first-order valence-corrected chi connectivity index (χ1v) is 5.90. The first kappa shape index (κ1) is 13.0. The Morgan fingerprint density at radius 1 is 1.00 bits per heavy atom. The van der Waals surface area contributed by atoms with Crippen LogP contribution in [-0.4, -0.2) is 11.5 Å². The zero-order chi connectivity index (χ0) is 13.7. The van der Waals surface area contributed by atoms with Crippen molar-refractivity contribution in [2.45, 2.75) is 6.42 Å². The van der Waals surface area contributed by atoms with Crippen LogP contribution in [0, 0.1) is 10.1 Å². The molecule has 0 aliphatic heterocycles. The largest absolute Gasteiger partial charge is 0.457 e. The second-order valence-corrected chi connectivity index (χ2v) is 4.04. The third-order valence-corrected chi connectivity index (χ3v) is 2.64. The van der Waals surface area contributed by atoms with E-state index in [0.717, 1.165) is 12.0 Å². The normalized spacial score (nSPS) is 10.2. The predicted molar refractivity (Wildman–Crippen MR) is 72.4 cm³/mol. The molecule has 5 nitrogen and oxygen atoms in total. The van der Waals surface area contributed by atoms with Crippen molar-refractivity contribution in [1.82, 2.24) is 0 Å². The molecule has 0 saturated heterocycles. The monoisotopic (exact) mass is 258 g/mol. The fourth-order valence-electron chi connectivity index (χ4n) is 1.66. The van der Waals surface area contributed by atoms with Crippen molar-refractivity contribution < 1.29 is 9.66 Å². The summed E-state index contributed by atoms with van der Waals surface area (Å²) in [6.45, 7) is 0.614. The lowest BCUT2D eigenvalue weighted by Crippen LogP contribution is -2.02. The van der Waals surface area contributed by atoms with Crippen LogP contribution in [-0.2, 0) is 6.42 Å². The maximum absolute atomic E-state index is 10.5. The number of rotatable bonds is 5. The highest BCUT2D eigenvalue weighted by Gasteiger charge is 2.05. The van der Waals surface area contributed by atoms with Crippen molar-refractivity contribution >= 4 is 5.69 Å². The molecule has 19 heavy (non-hydrogen) atoms. The van der Waals surface area contributed by atoms with Gasteiger partial charge in [0.25, 0.3) is 5.69 Å². The van der Waals surface area contributed by atoms with Gasteiger partial charge in [0.05, 0.1) is 4.92 Å². The minimum atomic E-state index is -0.439. The van der Waals surface area contributed by atoms with Crippen LogP contribution in [0.2, 0.25) is 0 Å². The molecule has 0 heterocycles. The molecule has 98 valence electrons. The summed E-state index contributed by atoms with van der Waals surface area (Å²) < 4.78 is 5.59. The van der Waals surface area contributed by atoms with Crippen LogP contribution in [0.1, 0.15) is 5.56 Å². The van der Waals surface area contributed by atoms with Gasteiger partial charge in [-0.1, -0.05) is 12.1 Å². The number of hydrogen-bond acceptors (Lipinski definition) is 4. The summed E-state index contributed by atoms with van der Waals surface area (Å²) in [4.78, 5) is 10.1. The van der Waals surface area contributed by atoms with Crippen molar-refractivity contribution in [3.8, 4) is 11.5 Å². The second kappa shape index (κ2) is 5.97. The Morgan fingerprint density at radius 2 is 1.53 bits per heavy atom. The van der Waals surface area contributed by atoms with Crippen molar-refractivity contribution in [3.63, 3.8) is 0 Å². The second-order valence-electron chi connectivity index (χ2n) is 4.04. The molecular formula is C14H14N2O3. The number of benzene rings is 2. The van der Waals surface area contributed by atoms with Crippen LogP contribution in [0.5, 0.6) is 11.5 Å². The lowest BCUT2D eigenvalue weighted by atomic mass is 10.1. The number of non-ortho nitro benzene ring substituents is 1. The quantitative estimate of drug-likeness (QED) is 0.660. The third kappa shape index (κ3) is 3.53. The van der Waals surface area contributed by atoms with Crippen molar-refractivity contribution in [1.29, 1.82) is 0 Å². The molecule has 0 spiro atoms. The van der Waals surface area contributed by atoms with Gasteiger partial charge in [-0.15, -0.1) is 0 Å². The van der Waals surface area contributed by atoms with Crippen molar-refractivity contribution in [2.75, 3.05) is 6.54 Å². The van der Waals surface area contributed by atoms with Crippen LogP contribution >= 0.6 is 0 Å². The van der Waals surface area contributed by atoms with Gasteiger partial charge >= 0.3 is 0 Å². The average molecular weight is 258 g/mol. The maximum atomic E-state index is 10.5. The van der Waals surface area contributed by atoms with Gasteiger partial charge in [0, 0.05) is 12.1 Å². The highest BCUT2D eigenvalue weighted by Crippen LogP contribution is 2.24. The van der Waals surface area contributed by atoms with Crippen LogP contribution in [0.3, 0.4) is 0 Å². The van der Waals surface area contributed by atoms with Crippen LogP contribution < -0.4 is 10.5 Å². The van der Waals surface area contributed by atoms with Gasteiger partial charge in [0.1, 0.15) is 11.5 Å². The summed E-state index contributed by atoms with van der Waals surface area (Å²) in [7, 11) is 0. The molecule has 2 N–H and O–H groups in total. The van der Waals surface area contributed by atoms with Crippen molar-refractivity contribution in [3.05, 3.63) is 64.2 Å². The molecule has 0 aliphatic rings. The molecule has 0 radical (unpaired) electrons. The lowest BCUT2D eigenvalue weighted by Gasteiger charge is -2.06. The van der Waals surface area contributed by atoms with Gasteiger partial charge < -0.3 is 10.5 Å². The van der Waals surface area contributed by atoms with Crippen molar-refractivity contribution in [2.24, 2.45) is 5.73 Å². The van der Waals surface area contributed by atoms with Gasteiger partial charge in [-0.2, -0.15) is 0 Å². The molecule has 0 aromatic heterocycles. The summed E-state index contributed by atoms with van der Waals surface area (Å²) in [5.74, 6) is 1.26. The Labute approximate surface area is 110 Å². The first-order chi connectivity index (χ1) is 9.19. The first-order valence-electron chi connectivity index (χ1n) is 5.90. The van der Waals surface area contributed by atoms with Gasteiger partial charge in [0.15, 0.2) is 0 Å². The van der Waals surface area contributed by atoms with Gasteiger partial charge in [0.2, 0.25) is 0 Å². The van der Waals surface area contributed by atoms with E-state index < -0.39 is 4.92 Å². The van der Waals surface area contributed by atoms with Gasteiger partial charge in [-0.05, 0) is 42.8 Å². The molecule has 0 unspecified atom stereocenters. The van der Waals surface area contributed by atoms with E-state index in [0.29, 0.717) is 18.0 Å². The maximum Gasteiger partial charge on any atom is 0.269 e. The summed E-state index contributed by atoms with van der Waals surface area (Å²) in [6, 6.07) is 13.6. The van der Waals surface area contributed by atoms with E-state index in [-0.39, 0.29) is 5.69 Å². The zero-order valence-corrected chi connectivity index (χ0v) is 10.3. The summed E-state index contributed by atoms with van der Waals surface area (Å²) in [6.07, 6.45) is 0.831. The molecule has 0 amide bonds. The van der Waals surface area contributed by atoms with E-state index in [1.807, 2.05) is 24.3 Å². The molecule has 0 bridgehead atoms. The third-order valence-electron chi connectivity index (χ3n) is 2.64. The summed E-state index contributed by atoms with van der Waals surface area (Å²) >= 11 is 0. The molecule has 0 aliphatic carbocycles. The minimum Gasteiger partial charge on any atom is -0.457 e. The molecule has 2 rings (SSSR count). The van der Waals surface area contributed by atoms with E-state index in [1.54, 1.807) is 12.1 Å². The molecule has 2 aromatic carbocycles. The van der Waals surface area contributed by atoms with Gasteiger partial charge in [-0.3, -0.25) is 10.1 Å². The van der Waals surface area contributed by atoms with E-state index in [9.17, 15) is 10.1 Å². The smallest absolute Gasteiger partial charge is 0.269 e. The SMILES string of the molecule is NCCc1ccc(Oc2ccc([N+](=O)[O-])cc2)cc1. The minimum absolute atomic E-state index is 0.0469. The standard InChI is InChI=1S/C14H14N2O3/c15-10-9-11-1-5-13(6-2-11)19-14-7-3-12(4-8-14)16(17)18/h1-8H,9-10,15H2. The number of hydrogen-bond donors (Lipinski definition) is 1. The highest BCUT2D eigenvalue weighted by atomic mass is 16.6. The molecule has 0 atom stereocenters. The number of nitrogens with two attached hydrogens (primary N) is 1. The number of nitro benzene ring substituents is 1. The summed E-state index contributed by atoms with van der Waals surface area (Å²) in [5.41, 5.74) is 6.67. The van der Waals surface area contributed by atoms with Gasteiger partial charge in [-0.25, -0.2) is 0 Å². The topological polar surface area (TPSA) is 78.4 Å². The Bertz CT molecular complexity index is 550. The molecular weight excluding hydrogens is 244 g/mol. The van der Waals surface area contributed by atoms with E-state index in [1.165, 1.54) is 12.1 Å². The Balaban J connectivity index is 2.06.